The normalized spacial score (nSPS) is 9.50. The minimum Gasteiger partial charge on any atom is -0.467 e. The Morgan fingerprint density at radius 1 is 1.50 bits per heavy atom. The van der Waals surface area contributed by atoms with E-state index < -0.39 is 0 Å². The van der Waals surface area contributed by atoms with Crippen molar-refractivity contribution in [1.82, 2.24) is 0 Å². The first-order valence-corrected chi connectivity index (χ1v) is 5.10. The number of benzene rings is 1. The van der Waals surface area contributed by atoms with Crippen LogP contribution in [0.1, 0.15) is 10.4 Å². The molecule has 0 heterocycles. The topological polar surface area (TPSA) is 26.3 Å². The first-order chi connectivity index (χ1) is 5.75. The average molecular weight is 289 g/mol. The van der Waals surface area contributed by atoms with Crippen LogP contribution in [0, 0.1) is 3.57 Å². The Morgan fingerprint density at radius 2 is 2.17 bits per heavy atom. The molecule has 0 bridgehead atoms. The van der Waals surface area contributed by atoms with Crippen LogP contribution < -0.4 is 0 Å². The van der Waals surface area contributed by atoms with Gasteiger partial charge in [0.15, 0.2) is 0 Å². The lowest BCUT2D eigenvalue weighted by molar-refractivity contribution is 0.0572. The Morgan fingerprint density at radius 3 is 2.75 bits per heavy atom. The lowest BCUT2D eigenvalue weighted by Crippen LogP contribution is -2.07. The Hall–Kier alpha value is -0.363. The standard InChI is InChI=1S/C8H6IO2Si/c9-7-4-2-1-3-6(7)8(10)11-5-12/h1-4H,5H2. The molecule has 0 aliphatic heterocycles. The van der Waals surface area contributed by atoms with E-state index in [-0.39, 0.29) is 12.2 Å². The van der Waals surface area contributed by atoms with Gasteiger partial charge in [0.25, 0.3) is 0 Å². The smallest absolute Gasteiger partial charge is 0.338 e. The van der Waals surface area contributed by atoms with Crippen LogP contribution in [0.2, 0.25) is 0 Å². The maximum atomic E-state index is 11.2. The van der Waals surface area contributed by atoms with Crippen LogP contribution in [-0.2, 0) is 4.74 Å². The van der Waals surface area contributed by atoms with Crippen LogP contribution in [0.25, 0.3) is 0 Å². The fraction of sp³-hybridized carbons (Fsp3) is 0.125. The molecule has 0 aromatic heterocycles. The van der Waals surface area contributed by atoms with Gasteiger partial charge in [0.1, 0.15) is 0 Å². The fourth-order valence-electron chi connectivity index (χ4n) is 0.770. The third-order valence-corrected chi connectivity index (χ3v) is 2.38. The summed E-state index contributed by atoms with van der Waals surface area (Å²) in [6, 6.07) is 7.30. The zero-order valence-corrected chi connectivity index (χ0v) is 9.37. The van der Waals surface area contributed by atoms with Gasteiger partial charge in [-0.1, -0.05) is 12.1 Å². The third-order valence-electron chi connectivity index (χ3n) is 1.30. The van der Waals surface area contributed by atoms with Crippen molar-refractivity contribution in [1.29, 1.82) is 0 Å². The van der Waals surface area contributed by atoms with Gasteiger partial charge < -0.3 is 4.74 Å². The Bertz CT molecular complexity index is 288. The van der Waals surface area contributed by atoms with E-state index in [9.17, 15) is 4.79 Å². The van der Waals surface area contributed by atoms with E-state index >= 15 is 0 Å². The van der Waals surface area contributed by atoms with Crippen molar-refractivity contribution >= 4 is 38.8 Å². The molecule has 12 heavy (non-hydrogen) atoms. The molecular weight excluding hydrogens is 283 g/mol. The molecule has 0 atom stereocenters. The Balaban J connectivity index is 2.87. The van der Waals surface area contributed by atoms with Gasteiger partial charge in [-0.2, -0.15) is 0 Å². The van der Waals surface area contributed by atoms with Crippen LogP contribution in [0.3, 0.4) is 0 Å². The van der Waals surface area contributed by atoms with Crippen molar-refractivity contribution in [3.8, 4) is 0 Å². The monoisotopic (exact) mass is 289 g/mol. The van der Waals surface area contributed by atoms with Gasteiger partial charge >= 0.3 is 5.97 Å². The molecule has 1 aromatic carbocycles. The summed E-state index contributed by atoms with van der Waals surface area (Å²) < 4.78 is 5.68. The SMILES string of the molecule is O=C(OC[Si])c1ccccc1I. The van der Waals surface area contributed by atoms with E-state index in [4.69, 9.17) is 4.74 Å². The fourth-order valence-corrected chi connectivity index (χ4v) is 1.51. The molecule has 0 spiro atoms. The lowest BCUT2D eigenvalue weighted by atomic mass is 10.2. The molecule has 3 radical (unpaired) electrons. The minimum absolute atomic E-state index is 0.226. The second kappa shape index (κ2) is 4.61. The predicted octanol–water partition coefficient (Wildman–Crippen LogP) is 1.57. The number of halogens is 1. The highest BCUT2D eigenvalue weighted by atomic mass is 127. The average Bonchev–Trinajstić information content (AvgIpc) is 2.05. The van der Waals surface area contributed by atoms with Gasteiger partial charge in [-0.15, -0.1) is 0 Å². The van der Waals surface area contributed by atoms with Crippen LogP contribution in [-0.4, -0.2) is 22.4 Å². The second-order valence-corrected chi connectivity index (χ2v) is 3.51. The number of carbonyl (C=O) groups excluding carboxylic acids is 1. The molecule has 4 heteroatoms. The van der Waals surface area contributed by atoms with Crippen LogP contribution in [0.4, 0.5) is 0 Å². The third kappa shape index (κ3) is 2.31. The van der Waals surface area contributed by atoms with Crippen molar-refractivity contribution < 1.29 is 9.53 Å². The van der Waals surface area contributed by atoms with Gasteiger partial charge in [0.2, 0.25) is 0 Å². The molecule has 61 valence electrons. The van der Waals surface area contributed by atoms with Crippen molar-refractivity contribution in [2.24, 2.45) is 0 Å². The zero-order valence-electron chi connectivity index (χ0n) is 6.21. The summed E-state index contributed by atoms with van der Waals surface area (Å²) in [6.45, 7) is 0. The van der Waals surface area contributed by atoms with Crippen molar-refractivity contribution in [2.45, 2.75) is 0 Å². The quantitative estimate of drug-likeness (QED) is 0.469. The molecule has 0 aliphatic carbocycles. The number of hydrogen-bond acceptors (Lipinski definition) is 2. The first kappa shape index (κ1) is 9.72. The van der Waals surface area contributed by atoms with E-state index in [0.717, 1.165) is 3.57 Å². The van der Waals surface area contributed by atoms with E-state index in [1.54, 1.807) is 6.07 Å². The Kier molecular flexibility index (Phi) is 3.74. The second-order valence-electron chi connectivity index (χ2n) is 2.06. The van der Waals surface area contributed by atoms with Crippen molar-refractivity contribution in [3.63, 3.8) is 0 Å². The number of ether oxygens (including phenoxy) is 1. The molecule has 0 amide bonds. The van der Waals surface area contributed by atoms with Crippen LogP contribution >= 0.6 is 22.6 Å². The molecular formula is C8H6IO2Si. The van der Waals surface area contributed by atoms with Gasteiger partial charge in [-0.05, 0) is 34.7 Å². The van der Waals surface area contributed by atoms with Gasteiger partial charge in [0, 0.05) is 3.57 Å². The number of rotatable bonds is 2. The van der Waals surface area contributed by atoms with E-state index in [2.05, 4.69) is 32.8 Å². The largest absolute Gasteiger partial charge is 0.467 e. The molecule has 1 rings (SSSR count). The molecule has 0 aliphatic rings. The summed E-state index contributed by atoms with van der Waals surface area (Å²) in [7, 11) is 3.07. The van der Waals surface area contributed by atoms with Gasteiger partial charge in [-0.3, -0.25) is 0 Å². The highest BCUT2D eigenvalue weighted by molar-refractivity contribution is 14.1. The number of hydrogen-bond donors (Lipinski definition) is 0. The summed E-state index contributed by atoms with van der Waals surface area (Å²) in [4.78, 5) is 11.2. The highest BCUT2D eigenvalue weighted by Crippen LogP contribution is 2.12. The summed E-state index contributed by atoms with van der Waals surface area (Å²) in [5.74, 6) is -0.296. The summed E-state index contributed by atoms with van der Waals surface area (Å²) >= 11 is 2.10. The zero-order chi connectivity index (χ0) is 8.97. The summed E-state index contributed by atoms with van der Waals surface area (Å²) in [5, 5.41) is 0. The first-order valence-electron chi connectivity index (χ1n) is 3.32. The molecule has 0 fully saturated rings. The summed E-state index contributed by atoms with van der Waals surface area (Å²) in [6.07, 6.45) is 0.226. The van der Waals surface area contributed by atoms with Gasteiger partial charge in [0.05, 0.1) is 22.0 Å². The van der Waals surface area contributed by atoms with Crippen LogP contribution in [0.15, 0.2) is 24.3 Å². The molecule has 0 N–H and O–H groups in total. The maximum Gasteiger partial charge on any atom is 0.338 e. The Labute approximate surface area is 87.9 Å². The van der Waals surface area contributed by atoms with E-state index in [0.29, 0.717) is 5.56 Å². The van der Waals surface area contributed by atoms with Gasteiger partial charge in [-0.25, -0.2) is 4.79 Å². The number of carbonyl (C=O) groups is 1. The number of esters is 1. The molecule has 2 nitrogen and oxygen atoms in total. The molecule has 0 saturated carbocycles. The van der Waals surface area contributed by atoms with Crippen molar-refractivity contribution in [3.05, 3.63) is 33.4 Å². The molecule has 0 saturated heterocycles. The maximum absolute atomic E-state index is 11.2. The molecule has 0 unspecified atom stereocenters. The van der Waals surface area contributed by atoms with Crippen LogP contribution in [0.5, 0.6) is 0 Å². The van der Waals surface area contributed by atoms with E-state index in [1.165, 1.54) is 0 Å². The summed E-state index contributed by atoms with van der Waals surface area (Å²) in [5.41, 5.74) is 0.608. The highest BCUT2D eigenvalue weighted by Gasteiger charge is 2.08. The predicted molar refractivity (Wildman–Crippen MR) is 55.2 cm³/mol. The molecule has 1 aromatic rings. The van der Waals surface area contributed by atoms with Crippen molar-refractivity contribution in [2.75, 3.05) is 6.23 Å². The lowest BCUT2D eigenvalue weighted by Gasteiger charge is -2.02. The minimum atomic E-state index is -0.296. The van der Waals surface area contributed by atoms with E-state index in [1.807, 2.05) is 18.2 Å².